The zero-order valence-electron chi connectivity index (χ0n) is 12.8. The van der Waals surface area contributed by atoms with Crippen LogP contribution in [-0.2, 0) is 4.74 Å². The standard InChI is InChI=1S/C16H16N4O3S/c21-16(22)13-2-1-12(24-13)11-9-17-15-4-3-14(19-20(11)15)18-10-5-7-23-8-6-10/h1-4,9-10H,5-8H2,(H,18,19)(H,21,22). The molecule has 4 rings (SSSR count). The average Bonchev–Trinajstić information content (AvgIpc) is 3.22. The van der Waals surface area contributed by atoms with Crippen molar-refractivity contribution < 1.29 is 14.6 Å². The van der Waals surface area contributed by atoms with Gasteiger partial charge in [0.1, 0.15) is 16.4 Å². The number of anilines is 1. The fourth-order valence-electron chi connectivity index (χ4n) is 2.76. The van der Waals surface area contributed by atoms with Crippen LogP contribution in [0.15, 0.2) is 30.5 Å². The van der Waals surface area contributed by atoms with Gasteiger partial charge in [0.05, 0.1) is 11.1 Å². The predicted octanol–water partition coefficient (Wildman–Crippen LogP) is 2.75. The van der Waals surface area contributed by atoms with Gasteiger partial charge in [0.2, 0.25) is 0 Å². The number of nitrogens with zero attached hydrogens (tertiary/aromatic N) is 3. The van der Waals surface area contributed by atoms with Crippen LogP contribution in [0.4, 0.5) is 5.82 Å². The van der Waals surface area contributed by atoms with Gasteiger partial charge in [0, 0.05) is 19.3 Å². The van der Waals surface area contributed by atoms with Crippen LogP contribution in [0.5, 0.6) is 0 Å². The minimum absolute atomic E-state index is 0.302. The molecule has 24 heavy (non-hydrogen) atoms. The molecule has 1 aliphatic rings. The summed E-state index contributed by atoms with van der Waals surface area (Å²) < 4.78 is 7.12. The molecule has 8 heteroatoms. The normalized spacial score (nSPS) is 15.7. The van der Waals surface area contributed by atoms with E-state index in [1.165, 1.54) is 11.3 Å². The third-order valence-corrected chi connectivity index (χ3v) is 5.10. The summed E-state index contributed by atoms with van der Waals surface area (Å²) in [6, 6.07) is 7.57. The zero-order valence-corrected chi connectivity index (χ0v) is 13.6. The topological polar surface area (TPSA) is 88.8 Å². The van der Waals surface area contributed by atoms with Gasteiger partial charge < -0.3 is 15.2 Å². The maximum atomic E-state index is 11.1. The molecule has 0 saturated carbocycles. The van der Waals surface area contributed by atoms with Crippen LogP contribution in [0, 0.1) is 0 Å². The Morgan fingerprint density at radius 1 is 1.29 bits per heavy atom. The number of carboxylic acids is 1. The second-order valence-corrected chi connectivity index (χ2v) is 6.72. The fraction of sp³-hybridized carbons (Fsp3) is 0.312. The summed E-state index contributed by atoms with van der Waals surface area (Å²) in [5.41, 5.74) is 1.52. The van der Waals surface area contributed by atoms with Crippen molar-refractivity contribution in [3.05, 3.63) is 35.3 Å². The van der Waals surface area contributed by atoms with E-state index in [0.717, 1.165) is 48.1 Å². The highest BCUT2D eigenvalue weighted by Crippen LogP contribution is 2.28. The fourth-order valence-corrected chi connectivity index (χ4v) is 3.60. The molecule has 7 nitrogen and oxygen atoms in total. The van der Waals surface area contributed by atoms with Crippen LogP contribution in [0.2, 0.25) is 0 Å². The van der Waals surface area contributed by atoms with Crippen molar-refractivity contribution in [1.82, 2.24) is 14.6 Å². The van der Waals surface area contributed by atoms with Gasteiger partial charge in [-0.15, -0.1) is 16.4 Å². The van der Waals surface area contributed by atoms with Crippen LogP contribution in [0.3, 0.4) is 0 Å². The van der Waals surface area contributed by atoms with E-state index in [1.54, 1.807) is 22.8 Å². The molecular formula is C16H16N4O3S. The predicted molar refractivity (Wildman–Crippen MR) is 90.7 cm³/mol. The highest BCUT2D eigenvalue weighted by Gasteiger charge is 2.16. The Hall–Kier alpha value is -2.45. The summed E-state index contributed by atoms with van der Waals surface area (Å²) in [6.07, 6.45) is 3.64. The molecule has 3 aromatic heterocycles. The van der Waals surface area contributed by atoms with E-state index in [0.29, 0.717) is 10.9 Å². The van der Waals surface area contributed by atoms with E-state index in [2.05, 4.69) is 15.4 Å². The second-order valence-electron chi connectivity index (χ2n) is 5.63. The Morgan fingerprint density at radius 3 is 2.88 bits per heavy atom. The van der Waals surface area contributed by atoms with Crippen LogP contribution in [0.1, 0.15) is 22.5 Å². The van der Waals surface area contributed by atoms with E-state index in [9.17, 15) is 4.79 Å². The lowest BCUT2D eigenvalue weighted by molar-refractivity contribution is 0.0702. The second kappa shape index (κ2) is 6.21. The highest BCUT2D eigenvalue weighted by atomic mass is 32.1. The summed E-state index contributed by atoms with van der Waals surface area (Å²) >= 11 is 1.22. The molecule has 0 bridgehead atoms. The lowest BCUT2D eigenvalue weighted by Crippen LogP contribution is -2.28. The summed E-state index contributed by atoms with van der Waals surface area (Å²) in [5.74, 6) is -0.140. The van der Waals surface area contributed by atoms with Crippen LogP contribution in [0.25, 0.3) is 16.2 Å². The van der Waals surface area contributed by atoms with Crippen molar-refractivity contribution in [2.45, 2.75) is 18.9 Å². The Kier molecular flexibility index (Phi) is 3.91. The first-order chi connectivity index (χ1) is 11.7. The summed E-state index contributed by atoms with van der Waals surface area (Å²) in [7, 11) is 0. The van der Waals surface area contributed by atoms with E-state index < -0.39 is 5.97 Å². The minimum atomic E-state index is -0.921. The van der Waals surface area contributed by atoms with Gasteiger partial charge in [-0.2, -0.15) is 0 Å². The number of hydrogen-bond acceptors (Lipinski definition) is 6. The van der Waals surface area contributed by atoms with Gasteiger partial charge in [-0.3, -0.25) is 0 Å². The third-order valence-electron chi connectivity index (χ3n) is 4.00. The van der Waals surface area contributed by atoms with Gasteiger partial charge in [-0.25, -0.2) is 14.3 Å². The van der Waals surface area contributed by atoms with Gasteiger partial charge in [-0.05, 0) is 37.1 Å². The number of imidazole rings is 1. The summed E-state index contributed by atoms with van der Waals surface area (Å²) in [4.78, 5) is 16.6. The lowest BCUT2D eigenvalue weighted by atomic mass is 10.1. The summed E-state index contributed by atoms with van der Waals surface area (Å²) in [5, 5.41) is 17.1. The first-order valence-electron chi connectivity index (χ1n) is 7.73. The number of nitrogens with one attached hydrogen (secondary N) is 1. The molecule has 3 aromatic rings. The largest absolute Gasteiger partial charge is 0.477 e. The molecule has 0 atom stereocenters. The number of thiophene rings is 1. The Labute approximate surface area is 141 Å². The number of ether oxygens (including phenoxy) is 1. The Bertz CT molecular complexity index is 882. The quantitative estimate of drug-likeness (QED) is 0.756. The first kappa shape index (κ1) is 15.1. The number of hydrogen-bond donors (Lipinski definition) is 2. The van der Waals surface area contributed by atoms with E-state index >= 15 is 0 Å². The summed E-state index contributed by atoms with van der Waals surface area (Å²) in [6.45, 7) is 1.53. The number of fused-ring (bicyclic) bond motifs is 1. The van der Waals surface area contributed by atoms with Crippen LogP contribution in [-0.4, -0.2) is 44.9 Å². The van der Waals surface area contributed by atoms with Gasteiger partial charge >= 0.3 is 5.97 Å². The Balaban J connectivity index is 1.66. The molecule has 0 amide bonds. The maximum Gasteiger partial charge on any atom is 0.345 e. The molecule has 0 aliphatic carbocycles. The molecule has 0 radical (unpaired) electrons. The van der Waals surface area contributed by atoms with Gasteiger partial charge in [0.25, 0.3) is 0 Å². The molecule has 0 aromatic carbocycles. The van der Waals surface area contributed by atoms with Crippen molar-refractivity contribution in [2.24, 2.45) is 0 Å². The van der Waals surface area contributed by atoms with Crippen molar-refractivity contribution in [2.75, 3.05) is 18.5 Å². The van der Waals surface area contributed by atoms with Crippen molar-refractivity contribution in [3.63, 3.8) is 0 Å². The maximum absolute atomic E-state index is 11.1. The van der Waals surface area contributed by atoms with E-state index in [1.807, 2.05) is 12.1 Å². The molecular weight excluding hydrogens is 328 g/mol. The SMILES string of the molecule is O=C(O)c1ccc(-c2cnc3ccc(NC4CCOCC4)nn23)s1. The molecule has 2 N–H and O–H groups in total. The first-order valence-corrected chi connectivity index (χ1v) is 8.55. The van der Waals surface area contributed by atoms with Crippen LogP contribution < -0.4 is 5.32 Å². The zero-order chi connectivity index (χ0) is 16.5. The Morgan fingerprint density at radius 2 is 2.12 bits per heavy atom. The average molecular weight is 344 g/mol. The molecule has 4 heterocycles. The third kappa shape index (κ3) is 2.85. The molecule has 0 spiro atoms. The molecule has 1 saturated heterocycles. The molecule has 124 valence electrons. The van der Waals surface area contributed by atoms with Crippen LogP contribution >= 0.6 is 11.3 Å². The van der Waals surface area contributed by atoms with E-state index in [-0.39, 0.29) is 0 Å². The number of aromatic nitrogens is 3. The van der Waals surface area contributed by atoms with E-state index in [4.69, 9.17) is 9.84 Å². The smallest absolute Gasteiger partial charge is 0.345 e. The number of carbonyl (C=O) groups is 1. The molecule has 1 aliphatic heterocycles. The highest BCUT2D eigenvalue weighted by molar-refractivity contribution is 7.17. The van der Waals surface area contributed by atoms with Gasteiger partial charge in [-0.1, -0.05) is 0 Å². The molecule has 0 unspecified atom stereocenters. The molecule has 1 fully saturated rings. The number of aromatic carboxylic acids is 1. The van der Waals surface area contributed by atoms with Crippen molar-refractivity contribution in [3.8, 4) is 10.6 Å². The number of rotatable bonds is 4. The number of carboxylic acid groups (broad SMARTS) is 1. The minimum Gasteiger partial charge on any atom is -0.477 e. The lowest BCUT2D eigenvalue weighted by Gasteiger charge is -2.23. The van der Waals surface area contributed by atoms with Crippen molar-refractivity contribution in [1.29, 1.82) is 0 Å². The monoisotopic (exact) mass is 344 g/mol. The van der Waals surface area contributed by atoms with Gasteiger partial charge in [0.15, 0.2) is 5.65 Å². The van der Waals surface area contributed by atoms with Crippen molar-refractivity contribution >= 4 is 28.8 Å².